The normalized spacial score (nSPS) is 11.2. The number of amides is 2. The van der Waals surface area contributed by atoms with Gasteiger partial charge in [-0.15, -0.1) is 0 Å². The Morgan fingerprint density at radius 3 is 1.94 bits per heavy atom. The first-order valence-electron chi connectivity index (χ1n) is 5.86. The smallest absolute Gasteiger partial charge is 0.318 e. The second-order valence-electron chi connectivity index (χ2n) is 5.44. The number of carbonyl (C=O) groups excluding carboxylic acids is 1. The van der Waals surface area contributed by atoms with Crippen LogP contribution in [0.1, 0.15) is 37.5 Å². The summed E-state index contributed by atoms with van der Waals surface area (Å²) in [4.78, 5) is 11.3. The van der Waals surface area contributed by atoms with Crippen LogP contribution in [0.25, 0.3) is 0 Å². The Hall–Kier alpha value is -1.51. The molecule has 3 heteroatoms. The van der Waals surface area contributed by atoms with Crippen molar-refractivity contribution in [3.8, 4) is 0 Å². The Kier molecular flexibility index (Phi) is 3.81. The van der Waals surface area contributed by atoms with E-state index in [0.717, 1.165) is 16.8 Å². The van der Waals surface area contributed by atoms with E-state index in [0.29, 0.717) is 0 Å². The molecule has 2 amide bonds. The average molecular weight is 234 g/mol. The van der Waals surface area contributed by atoms with Crippen molar-refractivity contribution < 1.29 is 4.79 Å². The first kappa shape index (κ1) is 13.6. The van der Waals surface area contributed by atoms with E-state index in [9.17, 15) is 4.79 Å². The van der Waals surface area contributed by atoms with Crippen molar-refractivity contribution >= 4 is 11.7 Å². The number of hydrogen-bond acceptors (Lipinski definition) is 1. The largest absolute Gasteiger partial charge is 0.341 e. The number of carbonyl (C=O) groups is 1. The zero-order valence-corrected chi connectivity index (χ0v) is 11.6. The summed E-state index contributed by atoms with van der Waals surface area (Å²) in [6.07, 6.45) is 0. The van der Waals surface area contributed by atoms with Crippen molar-refractivity contribution in [3.63, 3.8) is 0 Å². The van der Waals surface area contributed by atoms with Gasteiger partial charge < -0.3 is 10.6 Å². The van der Waals surface area contributed by atoms with Crippen LogP contribution >= 0.6 is 0 Å². The first-order chi connectivity index (χ1) is 7.75. The summed E-state index contributed by atoms with van der Waals surface area (Å²) >= 11 is 0. The van der Waals surface area contributed by atoms with Gasteiger partial charge in [0.1, 0.15) is 0 Å². The third-order valence-corrected chi connectivity index (χ3v) is 2.86. The van der Waals surface area contributed by atoms with Gasteiger partial charge in [0.15, 0.2) is 0 Å². The van der Waals surface area contributed by atoms with Gasteiger partial charge in [0.25, 0.3) is 0 Å². The molecule has 0 saturated heterocycles. The molecule has 17 heavy (non-hydrogen) atoms. The minimum Gasteiger partial charge on any atom is -0.341 e. The highest BCUT2D eigenvalue weighted by atomic mass is 16.2. The number of aryl methyl sites for hydroxylation is 2. The van der Waals surface area contributed by atoms with Crippen molar-refractivity contribution in [2.24, 2.45) is 0 Å². The molecule has 0 heterocycles. The van der Waals surface area contributed by atoms with Crippen molar-refractivity contribution in [1.82, 2.24) is 5.32 Å². The Morgan fingerprint density at radius 2 is 1.59 bits per heavy atom. The standard InChI is InChI=1S/C14H22N2O/c1-9-7-11(14(3,4)5)8-10(2)12(9)16-13(17)15-6/h7-8H,1-6H3,(H2,15,16,17). The van der Waals surface area contributed by atoms with Crippen LogP contribution in [0.2, 0.25) is 0 Å². The van der Waals surface area contributed by atoms with Crippen molar-refractivity contribution in [3.05, 3.63) is 28.8 Å². The Morgan fingerprint density at radius 1 is 1.12 bits per heavy atom. The fourth-order valence-electron chi connectivity index (χ4n) is 1.77. The number of nitrogens with one attached hydrogen (secondary N) is 2. The van der Waals surface area contributed by atoms with E-state index in [1.54, 1.807) is 7.05 Å². The molecular weight excluding hydrogens is 212 g/mol. The summed E-state index contributed by atoms with van der Waals surface area (Å²) in [5, 5.41) is 5.42. The van der Waals surface area contributed by atoms with E-state index in [-0.39, 0.29) is 11.4 Å². The van der Waals surface area contributed by atoms with Gasteiger partial charge in [0.05, 0.1) is 0 Å². The molecule has 0 aliphatic rings. The summed E-state index contributed by atoms with van der Waals surface area (Å²) in [6, 6.07) is 4.09. The highest BCUT2D eigenvalue weighted by Gasteiger charge is 2.16. The third kappa shape index (κ3) is 3.22. The van der Waals surface area contributed by atoms with Gasteiger partial charge in [-0.05, 0) is 36.0 Å². The summed E-state index contributed by atoms with van der Waals surface area (Å²) in [5.74, 6) is 0. The Balaban J connectivity index is 3.15. The Labute approximate surface area is 104 Å². The molecule has 94 valence electrons. The second-order valence-corrected chi connectivity index (χ2v) is 5.44. The molecule has 0 saturated carbocycles. The molecule has 0 unspecified atom stereocenters. The molecule has 0 aromatic heterocycles. The van der Waals surface area contributed by atoms with Crippen LogP contribution in [0, 0.1) is 13.8 Å². The number of urea groups is 1. The lowest BCUT2D eigenvalue weighted by Gasteiger charge is -2.22. The average Bonchev–Trinajstić information content (AvgIpc) is 2.21. The van der Waals surface area contributed by atoms with Gasteiger partial charge in [-0.3, -0.25) is 0 Å². The van der Waals surface area contributed by atoms with Crippen LogP contribution in [0.4, 0.5) is 10.5 Å². The zero-order chi connectivity index (χ0) is 13.2. The fourth-order valence-corrected chi connectivity index (χ4v) is 1.77. The van der Waals surface area contributed by atoms with Crippen LogP contribution < -0.4 is 10.6 Å². The SMILES string of the molecule is CNC(=O)Nc1c(C)cc(C(C)(C)C)cc1C. The maximum atomic E-state index is 11.3. The van der Waals surface area contributed by atoms with Crippen LogP contribution in [0.15, 0.2) is 12.1 Å². The van der Waals surface area contributed by atoms with Gasteiger partial charge in [0.2, 0.25) is 0 Å². The summed E-state index contributed by atoms with van der Waals surface area (Å²) in [5.41, 5.74) is 4.51. The molecule has 2 N–H and O–H groups in total. The molecule has 1 aromatic carbocycles. The van der Waals surface area contributed by atoms with E-state index in [1.165, 1.54) is 5.56 Å². The van der Waals surface area contributed by atoms with Gasteiger partial charge >= 0.3 is 6.03 Å². The summed E-state index contributed by atoms with van der Waals surface area (Å²) in [6.45, 7) is 10.6. The minimum absolute atomic E-state index is 0.126. The molecule has 0 spiro atoms. The third-order valence-electron chi connectivity index (χ3n) is 2.86. The predicted octanol–water partition coefficient (Wildman–Crippen LogP) is 3.35. The predicted molar refractivity (Wildman–Crippen MR) is 72.7 cm³/mol. The first-order valence-corrected chi connectivity index (χ1v) is 5.86. The second kappa shape index (κ2) is 4.78. The highest BCUT2D eigenvalue weighted by molar-refractivity contribution is 5.90. The van der Waals surface area contributed by atoms with Gasteiger partial charge in [0, 0.05) is 12.7 Å². The fraction of sp³-hybridized carbons (Fsp3) is 0.500. The quantitative estimate of drug-likeness (QED) is 0.768. The molecule has 0 aliphatic heterocycles. The van der Waals surface area contributed by atoms with Crippen LogP contribution in [0.3, 0.4) is 0 Å². The van der Waals surface area contributed by atoms with Gasteiger partial charge in [-0.2, -0.15) is 0 Å². The molecule has 1 rings (SSSR count). The van der Waals surface area contributed by atoms with Crippen molar-refractivity contribution in [2.75, 3.05) is 12.4 Å². The minimum atomic E-state index is -0.181. The summed E-state index contributed by atoms with van der Waals surface area (Å²) < 4.78 is 0. The number of rotatable bonds is 1. The number of hydrogen-bond donors (Lipinski definition) is 2. The molecule has 0 fully saturated rings. The van der Waals surface area contributed by atoms with Gasteiger partial charge in [-0.1, -0.05) is 32.9 Å². The van der Waals surface area contributed by atoms with Crippen molar-refractivity contribution in [2.45, 2.75) is 40.0 Å². The van der Waals surface area contributed by atoms with E-state index in [1.807, 2.05) is 13.8 Å². The molecule has 0 aliphatic carbocycles. The molecule has 0 atom stereocenters. The molecule has 0 radical (unpaired) electrons. The highest BCUT2D eigenvalue weighted by Crippen LogP contribution is 2.29. The number of anilines is 1. The molecule has 3 nitrogen and oxygen atoms in total. The van der Waals surface area contributed by atoms with Crippen molar-refractivity contribution in [1.29, 1.82) is 0 Å². The maximum Gasteiger partial charge on any atom is 0.318 e. The van der Waals surface area contributed by atoms with Gasteiger partial charge in [-0.25, -0.2) is 4.79 Å². The molecule has 0 bridgehead atoms. The van der Waals surface area contributed by atoms with Crippen LogP contribution in [-0.4, -0.2) is 13.1 Å². The van der Waals surface area contributed by atoms with Crippen LogP contribution in [-0.2, 0) is 5.41 Å². The van der Waals surface area contributed by atoms with E-state index in [2.05, 4.69) is 43.5 Å². The number of benzene rings is 1. The van der Waals surface area contributed by atoms with E-state index < -0.39 is 0 Å². The monoisotopic (exact) mass is 234 g/mol. The molecule has 1 aromatic rings. The lowest BCUT2D eigenvalue weighted by atomic mass is 9.85. The van der Waals surface area contributed by atoms with E-state index >= 15 is 0 Å². The maximum absolute atomic E-state index is 11.3. The zero-order valence-electron chi connectivity index (χ0n) is 11.6. The van der Waals surface area contributed by atoms with E-state index in [4.69, 9.17) is 0 Å². The topological polar surface area (TPSA) is 41.1 Å². The van der Waals surface area contributed by atoms with Crippen LogP contribution in [0.5, 0.6) is 0 Å². The molecular formula is C14H22N2O. The Bertz CT molecular complexity index is 407. The lowest BCUT2D eigenvalue weighted by molar-refractivity contribution is 0.254. The lowest BCUT2D eigenvalue weighted by Crippen LogP contribution is -2.25. The summed E-state index contributed by atoms with van der Waals surface area (Å²) in [7, 11) is 1.61.